The molecule has 0 aromatic carbocycles. The van der Waals surface area contributed by atoms with Crippen LogP contribution in [0.1, 0.15) is 9.75 Å². The van der Waals surface area contributed by atoms with Gasteiger partial charge >= 0.3 is 12.4 Å². The van der Waals surface area contributed by atoms with Crippen molar-refractivity contribution in [3.8, 4) is 0 Å². The molecule has 0 spiro atoms. The van der Waals surface area contributed by atoms with E-state index < -0.39 is 44.8 Å². The van der Waals surface area contributed by atoms with Crippen LogP contribution < -0.4 is 11.5 Å². The van der Waals surface area contributed by atoms with E-state index in [9.17, 15) is 26.3 Å². The van der Waals surface area contributed by atoms with Gasteiger partial charge in [-0.2, -0.15) is 26.3 Å². The zero-order valence-corrected chi connectivity index (χ0v) is 7.65. The van der Waals surface area contributed by atoms with Crippen molar-refractivity contribution in [2.45, 2.75) is 12.4 Å². The van der Waals surface area contributed by atoms with Crippen molar-refractivity contribution in [1.29, 1.82) is 0 Å². The van der Waals surface area contributed by atoms with Gasteiger partial charge in [0.25, 0.3) is 0 Å². The van der Waals surface area contributed by atoms with E-state index in [1.807, 2.05) is 0 Å². The molecule has 0 amide bonds. The first-order valence-corrected chi connectivity index (χ1v) is 4.19. The molecule has 2 nitrogen and oxygen atoms in total. The molecule has 9 heteroatoms. The van der Waals surface area contributed by atoms with Gasteiger partial charge in [-0.3, -0.25) is 0 Å². The molecule has 1 heterocycles. The Hall–Kier alpha value is -1.12. The zero-order valence-electron chi connectivity index (χ0n) is 6.83. The van der Waals surface area contributed by atoms with E-state index in [-0.39, 0.29) is 0 Å². The number of anilines is 2. The minimum atomic E-state index is -4.92. The average Bonchev–Trinajstić information content (AvgIpc) is 2.26. The summed E-state index contributed by atoms with van der Waals surface area (Å²) < 4.78 is 72.8. The summed E-state index contributed by atoms with van der Waals surface area (Å²) in [5, 5.41) is 0. The van der Waals surface area contributed by atoms with Gasteiger partial charge in [0.15, 0.2) is 0 Å². The highest BCUT2D eigenvalue weighted by molar-refractivity contribution is 7.13. The third-order valence-corrected chi connectivity index (χ3v) is 2.81. The lowest BCUT2D eigenvalue weighted by molar-refractivity contribution is -0.134. The Kier molecular flexibility index (Phi) is 2.54. The van der Waals surface area contributed by atoms with Crippen LogP contribution in [0.2, 0.25) is 0 Å². The predicted octanol–water partition coefficient (Wildman–Crippen LogP) is 2.95. The van der Waals surface area contributed by atoms with E-state index in [1.54, 1.807) is 0 Å². The molecule has 0 saturated carbocycles. The lowest BCUT2D eigenvalue weighted by atomic mass is 10.3. The van der Waals surface area contributed by atoms with Crippen LogP contribution in [0.5, 0.6) is 0 Å². The van der Waals surface area contributed by atoms with Crippen LogP contribution in [-0.2, 0) is 12.4 Å². The van der Waals surface area contributed by atoms with Crippen molar-refractivity contribution in [2.75, 3.05) is 11.5 Å². The second-order valence-corrected chi connectivity index (χ2v) is 3.60. The molecule has 0 radical (unpaired) electrons. The highest BCUT2D eigenvalue weighted by Crippen LogP contribution is 2.49. The fourth-order valence-corrected chi connectivity index (χ4v) is 1.75. The maximum Gasteiger partial charge on any atom is 0.427 e. The zero-order chi connectivity index (χ0) is 12.0. The Labute approximate surface area is 83.5 Å². The van der Waals surface area contributed by atoms with E-state index in [0.29, 0.717) is 0 Å². The van der Waals surface area contributed by atoms with Gasteiger partial charge in [0, 0.05) is 0 Å². The molecule has 0 aliphatic heterocycles. The predicted molar refractivity (Wildman–Crippen MR) is 43.1 cm³/mol. The molecule has 4 N–H and O–H groups in total. The monoisotopic (exact) mass is 250 g/mol. The molecule has 0 bridgehead atoms. The first-order chi connectivity index (χ1) is 6.55. The molecule has 1 rings (SSSR count). The summed E-state index contributed by atoms with van der Waals surface area (Å²) in [5.74, 6) is 0. The maximum atomic E-state index is 12.1. The van der Waals surface area contributed by atoms with Crippen LogP contribution in [0.25, 0.3) is 0 Å². The highest BCUT2D eigenvalue weighted by Gasteiger charge is 2.43. The molecule has 0 saturated heterocycles. The quantitative estimate of drug-likeness (QED) is 0.695. The molecule has 0 aliphatic rings. The molecule has 86 valence electrons. The van der Waals surface area contributed by atoms with Crippen LogP contribution >= 0.6 is 11.3 Å². The number of hydrogen-bond acceptors (Lipinski definition) is 3. The molecular formula is C6H4F6N2S. The van der Waals surface area contributed by atoms with Crippen molar-refractivity contribution >= 4 is 22.7 Å². The number of nitrogen functional groups attached to an aromatic ring is 2. The average molecular weight is 250 g/mol. The van der Waals surface area contributed by atoms with Gasteiger partial charge in [-0.1, -0.05) is 0 Å². The van der Waals surface area contributed by atoms with E-state index in [4.69, 9.17) is 11.5 Å². The third kappa shape index (κ3) is 2.11. The number of hydrogen-bond donors (Lipinski definition) is 2. The number of thiophene rings is 1. The van der Waals surface area contributed by atoms with Gasteiger partial charge in [-0.05, 0) is 0 Å². The van der Waals surface area contributed by atoms with Crippen molar-refractivity contribution in [2.24, 2.45) is 0 Å². The van der Waals surface area contributed by atoms with Gasteiger partial charge in [0.1, 0.15) is 9.75 Å². The Balaban J connectivity index is 3.38. The third-order valence-electron chi connectivity index (χ3n) is 1.50. The molecule has 0 unspecified atom stereocenters. The van der Waals surface area contributed by atoms with E-state index in [0.717, 1.165) is 0 Å². The fraction of sp³-hybridized carbons (Fsp3) is 0.333. The summed E-state index contributed by atoms with van der Waals surface area (Å²) in [4.78, 5) is -3.04. The van der Waals surface area contributed by atoms with Gasteiger partial charge < -0.3 is 11.5 Å². The van der Waals surface area contributed by atoms with Crippen molar-refractivity contribution < 1.29 is 26.3 Å². The van der Waals surface area contributed by atoms with Crippen LogP contribution in [-0.4, -0.2) is 0 Å². The summed E-state index contributed by atoms with van der Waals surface area (Å²) in [6.45, 7) is 0. The lowest BCUT2D eigenvalue weighted by Crippen LogP contribution is -2.06. The molecule has 0 fully saturated rings. The highest BCUT2D eigenvalue weighted by atomic mass is 32.1. The van der Waals surface area contributed by atoms with Gasteiger partial charge in [0.2, 0.25) is 0 Å². The van der Waals surface area contributed by atoms with Crippen LogP contribution in [0.4, 0.5) is 37.7 Å². The topological polar surface area (TPSA) is 52.0 Å². The standard InChI is InChI=1S/C6H4F6N2S/c7-5(8,9)3-1(13)2(14)4(15-3)6(10,11)12/h13-14H2. The fourth-order valence-electron chi connectivity index (χ4n) is 0.878. The van der Waals surface area contributed by atoms with E-state index in [2.05, 4.69) is 0 Å². The first-order valence-electron chi connectivity index (χ1n) is 3.37. The van der Waals surface area contributed by atoms with Crippen LogP contribution in [0, 0.1) is 0 Å². The Morgan fingerprint density at radius 3 is 1.13 bits per heavy atom. The SMILES string of the molecule is Nc1c(C(F)(F)F)sc(C(F)(F)F)c1N. The molecular weight excluding hydrogens is 246 g/mol. The molecule has 1 aromatic heterocycles. The van der Waals surface area contributed by atoms with E-state index >= 15 is 0 Å². The van der Waals surface area contributed by atoms with Gasteiger partial charge in [0.05, 0.1) is 11.4 Å². The largest absolute Gasteiger partial charge is 0.427 e. The smallest absolute Gasteiger partial charge is 0.396 e. The molecule has 1 aromatic rings. The maximum absolute atomic E-state index is 12.1. The number of nitrogens with two attached hydrogens (primary N) is 2. The number of rotatable bonds is 0. The second-order valence-electron chi connectivity index (χ2n) is 2.58. The molecule has 0 atom stereocenters. The van der Waals surface area contributed by atoms with Crippen molar-refractivity contribution in [3.05, 3.63) is 9.75 Å². The summed E-state index contributed by atoms with van der Waals surface area (Å²) in [7, 11) is 0. The Morgan fingerprint density at radius 2 is 1.00 bits per heavy atom. The molecule has 0 aliphatic carbocycles. The summed E-state index contributed by atoms with van der Waals surface area (Å²) in [6, 6.07) is 0. The van der Waals surface area contributed by atoms with Gasteiger partial charge in [-0.25, -0.2) is 0 Å². The normalized spacial score (nSPS) is 13.2. The summed E-state index contributed by atoms with van der Waals surface area (Å²) >= 11 is -0.500. The number of alkyl halides is 6. The summed E-state index contributed by atoms with van der Waals surface area (Å²) in [6.07, 6.45) is -9.85. The Bertz CT molecular complexity index is 342. The van der Waals surface area contributed by atoms with Crippen LogP contribution in [0.15, 0.2) is 0 Å². The van der Waals surface area contributed by atoms with Crippen LogP contribution in [0.3, 0.4) is 0 Å². The lowest BCUT2D eigenvalue weighted by Gasteiger charge is -2.03. The summed E-state index contributed by atoms with van der Waals surface area (Å²) in [5.41, 5.74) is 7.56. The second kappa shape index (κ2) is 3.19. The minimum Gasteiger partial charge on any atom is -0.396 e. The van der Waals surface area contributed by atoms with Gasteiger partial charge in [-0.15, -0.1) is 11.3 Å². The van der Waals surface area contributed by atoms with Crippen molar-refractivity contribution in [1.82, 2.24) is 0 Å². The molecule has 15 heavy (non-hydrogen) atoms. The number of halogens is 6. The van der Waals surface area contributed by atoms with E-state index in [1.165, 1.54) is 0 Å². The minimum absolute atomic E-state index is 0.500. The Morgan fingerprint density at radius 1 is 0.733 bits per heavy atom. The van der Waals surface area contributed by atoms with Crippen molar-refractivity contribution in [3.63, 3.8) is 0 Å². The first kappa shape index (κ1) is 12.0.